The third kappa shape index (κ3) is 24.3. The van der Waals surface area contributed by atoms with Crippen molar-refractivity contribution in [2.75, 3.05) is 0 Å². The minimum atomic E-state index is 1.25. The van der Waals surface area contributed by atoms with Gasteiger partial charge in [-0.3, -0.25) is 0 Å². The number of hydrogen-bond acceptors (Lipinski definition) is 2. The van der Waals surface area contributed by atoms with Crippen molar-refractivity contribution in [1.82, 2.24) is 0 Å². The Morgan fingerprint density at radius 3 is 0.833 bits per heavy atom. The molecule has 0 aliphatic heterocycles. The van der Waals surface area contributed by atoms with Gasteiger partial charge in [0.2, 0.25) is 0 Å². The number of hydrogen-bond donors (Lipinski definition) is 0. The Bertz CT molecular complexity index is 189. The van der Waals surface area contributed by atoms with E-state index < -0.39 is 0 Å². The Morgan fingerprint density at radius 2 is 0.750 bits per heavy atom. The van der Waals surface area contributed by atoms with Crippen LogP contribution in [0.15, 0.2) is 49.6 Å². The Morgan fingerprint density at radius 1 is 0.667 bits per heavy atom. The molecule has 2 heteroatoms. The zero-order valence-electron chi connectivity index (χ0n) is 6.69. The van der Waals surface area contributed by atoms with Crippen molar-refractivity contribution in [2.45, 2.75) is 0 Å². The van der Waals surface area contributed by atoms with Gasteiger partial charge < -0.3 is 0 Å². The summed E-state index contributed by atoms with van der Waals surface area (Å²) in [7, 11) is 0. The van der Waals surface area contributed by atoms with Crippen molar-refractivity contribution >= 4 is 11.9 Å². The van der Waals surface area contributed by atoms with Gasteiger partial charge in [-0.2, -0.15) is 0 Å². The van der Waals surface area contributed by atoms with Crippen LogP contribution < -0.4 is 0 Å². The predicted octanol–water partition coefficient (Wildman–Crippen LogP) is 1.69. The third-order valence-corrected chi connectivity index (χ3v) is 0.667. The number of benzene rings is 1. The molecule has 0 unspecified atom stereocenters. The normalized spacial score (nSPS) is 5.33. The molecule has 0 bridgehead atoms. The van der Waals surface area contributed by atoms with E-state index in [9.17, 15) is 0 Å². The summed E-state index contributed by atoms with van der Waals surface area (Å²) in [6.45, 7) is 5.36. The van der Waals surface area contributed by atoms with E-state index in [-0.39, 0.29) is 0 Å². The molecular weight excluding hydrogens is 152 g/mol. The minimum Gasteiger partial charge on any atom is -0.234 e. The quantitative estimate of drug-likeness (QED) is 0.544. The van der Waals surface area contributed by atoms with Gasteiger partial charge in [0.25, 0.3) is 0 Å². The SMILES string of the molecule is C=C=O.C=C=O.c1ccccc1. The predicted molar refractivity (Wildman–Crippen MR) is 49.1 cm³/mol. The summed E-state index contributed by atoms with van der Waals surface area (Å²) in [5.74, 6) is 2.50. The van der Waals surface area contributed by atoms with E-state index >= 15 is 0 Å². The van der Waals surface area contributed by atoms with Crippen molar-refractivity contribution < 1.29 is 9.59 Å². The molecule has 0 aliphatic rings. The fraction of sp³-hybridized carbons (Fsp3) is 0. The van der Waals surface area contributed by atoms with Crippen molar-refractivity contribution in [3.8, 4) is 0 Å². The Hall–Kier alpha value is -1.88. The second kappa shape index (κ2) is 16.1. The summed E-state index contributed by atoms with van der Waals surface area (Å²) < 4.78 is 0. The zero-order valence-corrected chi connectivity index (χ0v) is 6.69. The van der Waals surface area contributed by atoms with Gasteiger partial charge in [-0.25, -0.2) is 9.59 Å². The molecule has 0 amide bonds. The average molecular weight is 162 g/mol. The van der Waals surface area contributed by atoms with E-state index in [0.29, 0.717) is 0 Å². The molecule has 0 spiro atoms. The lowest BCUT2D eigenvalue weighted by atomic mass is 10.4. The Labute approximate surface area is 71.8 Å². The first kappa shape index (κ1) is 12.8. The van der Waals surface area contributed by atoms with Gasteiger partial charge >= 0.3 is 0 Å². The maximum Gasteiger partial charge on any atom is 0.116 e. The maximum atomic E-state index is 8.57. The van der Waals surface area contributed by atoms with E-state index in [1.165, 1.54) is 11.9 Å². The van der Waals surface area contributed by atoms with Gasteiger partial charge in [0.05, 0.1) is 0 Å². The van der Waals surface area contributed by atoms with Crippen LogP contribution in [0.1, 0.15) is 0 Å². The van der Waals surface area contributed by atoms with Crippen LogP contribution in [0.5, 0.6) is 0 Å². The minimum absolute atomic E-state index is 1.25. The fourth-order valence-corrected chi connectivity index (χ4v) is 0.385. The first-order chi connectivity index (χ1) is 5.83. The molecule has 62 valence electrons. The highest BCUT2D eigenvalue weighted by Crippen LogP contribution is 1.79. The van der Waals surface area contributed by atoms with Crippen molar-refractivity contribution in [3.05, 3.63) is 49.6 Å². The van der Waals surface area contributed by atoms with Gasteiger partial charge in [-0.05, 0) is 13.2 Å². The number of carbonyl (C=O) groups excluding carboxylic acids is 2. The standard InChI is InChI=1S/C6H6.2C2H2O/c1-2-4-6-5-3-1;2*1-2-3/h1-6H;2*1H2. The molecule has 12 heavy (non-hydrogen) atoms. The monoisotopic (exact) mass is 162 g/mol. The molecule has 0 saturated heterocycles. The first-order valence-corrected chi connectivity index (χ1v) is 3.12. The lowest BCUT2D eigenvalue weighted by Gasteiger charge is -1.69. The summed E-state index contributed by atoms with van der Waals surface area (Å²) in [6, 6.07) is 12.0. The summed E-state index contributed by atoms with van der Waals surface area (Å²) in [5.41, 5.74) is 0. The molecule has 0 aliphatic carbocycles. The Kier molecular flexibility index (Phi) is 17.1. The van der Waals surface area contributed by atoms with Crippen LogP contribution in [-0.4, -0.2) is 11.9 Å². The summed E-state index contributed by atoms with van der Waals surface area (Å²) in [6.07, 6.45) is 0. The molecule has 0 aromatic heterocycles. The topological polar surface area (TPSA) is 34.1 Å². The molecule has 0 fully saturated rings. The number of rotatable bonds is 0. The van der Waals surface area contributed by atoms with Crippen LogP contribution in [0.25, 0.3) is 0 Å². The maximum absolute atomic E-state index is 8.57. The molecular formula is C10H10O2. The largest absolute Gasteiger partial charge is 0.234 e. The molecule has 0 saturated carbocycles. The van der Waals surface area contributed by atoms with Crippen LogP contribution in [0.2, 0.25) is 0 Å². The van der Waals surface area contributed by atoms with Crippen molar-refractivity contribution in [1.29, 1.82) is 0 Å². The summed E-state index contributed by atoms with van der Waals surface area (Å²) in [5, 5.41) is 0. The second-order valence-corrected chi connectivity index (χ2v) is 1.44. The lowest BCUT2D eigenvalue weighted by molar-refractivity contribution is 0.569. The van der Waals surface area contributed by atoms with E-state index in [1.807, 2.05) is 36.4 Å². The average Bonchev–Trinajstić information content (AvgIpc) is 2.10. The Balaban J connectivity index is 0. The van der Waals surface area contributed by atoms with Crippen LogP contribution in [0.4, 0.5) is 0 Å². The van der Waals surface area contributed by atoms with E-state index in [4.69, 9.17) is 9.59 Å². The van der Waals surface area contributed by atoms with Crippen molar-refractivity contribution in [2.24, 2.45) is 0 Å². The van der Waals surface area contributed by atoms with Crippen LogP contribution in [0, 0.1) is 0 Å². The highest BCUT2D eigenvalue weighted by atomic mass is 16.1. The van der Waals surface area contributed by atoms with E-state index in [2.05, 4.69) is 13.2 Å². The van der Waals surface area contributed by atoms with Gasteiger partial charge in [0.1, 0.15) is 11.9 Å². The summed E-state index contributed by atoms with van der Waals surface area (Å²) >= 11 is 0. The van der Waals surface area contributed by atoms with E-state index in [0.717, 1.165) is 0 Å². The smallest absolute Gasteiger partial charge is 0.116 e. The van der Waals surface area contributed by atoms with Crippen molar-refractivity contribution in [3.63, 3.8) is 0 Å². The molecule has 0 N–H and O–H groups in total. The zero-order chi connectivity index (χ0) is 9.66. The highest BCUT2D eigenvalue weighted by Gasteiger charge is 1.57. The molecule has 0 atom stereocenters. The van der Waals surface area contributed by atoms with Gasteiger partial charge in [-0.15, -0.1) is 0 Å². The van der Waals surface area contributed by atoms with Gasteiger partial charge in [0, 0.05) is 0 Å². The molecule has 1 rings (SSSR count). The van der Waals surface area contributed by atoms with Crippen LogP contribution >= 0.6 is 0 Å². The highest BCUT2D eigenvalue weighted by molar-refractivity contribution is 5.38. The molecule has 1 aromatic rings. The third-order valence-electron chi connectivity index (χ3n) is 0.667. The second-order valence-electron chi connectivity index (χ2n) is 1.44. The molecule has 2 nitrogen and oxygen atoms in total. The van der Waals surface area contributed by atoms with E-state index in [1.54, 1.807) is 0 Å². The lowest BCUT2D eigenvalue weighted by Crippen LogP contribution is -1.47. The molecule has 1 aromatic carbocycles. The van der Waals surface area contributed by atoms with Crippen LogP contribution in [-0.2, 0) is 9.59 Å². The summed E-state index contributed by atoms with van der Waals surface area (Å²) in [4.78, 5) is 17.1. The fourth-order valence-electron chi connectivity index (χ4n) is 0.385. The van der Waals surface area contributed by atoms with Gasteiger partial charge in [-0.1, -0.05) is 36.4 Å². The molecule has 0 heterocycles. The van der Waals surface area contributed by atoms with Gasteiger partial charge in [0.15, 0.2) is 0 Å². The molecule has 0 radical (unpaired) electrons. The van der Waals surface area contributed by atoms with Crippen LogP contribution in [0.3, 0.4) is 0 Å². The first-order valence-electron chi connectivity index (χ1n) is 3.12.